The Kier molecular flexibility index (Phi) is 3.49. The van der Waals surface area contributed by atoms with Crippen molar-refractivity contribution in [3.05, 3.63) is 34.7 Å². The topological polar surface area (TPSA) is 62.2 Å². The molecule has 0 unspecified atom stereocenters. The second-order valence-corrected chi connectivity index (χ2v) is 4.42. The van der Waals surface area contributed by atoms with E-state index >= 15 is 0 Å². The second-order valence-electron chi connectivity index (χ2n) is 3.36. The van der Waals surface area contributed by atoms with Crippen LogP contribution in [0.25, 0.3) is 6.08 Å². The van der Waals surface area contributed by atoms with E-state index in [1.165, 1.54) is 0 Å². The highest BCUT2D eigenvalue weighted by atomic mass is 32.2. The first kappa shape index (κ1) is 11.7. The van der Waals surface area contributed by atoms with Crippen LogP contribution in [0.3, 0.4) is 0 Å². The summed E-state index contributed by atoms with van der Waals surface area (Å²) in [5.74, 6) is 0.514. The molecule has 1 heterocycles. The van der Waals surface area contributed by atoms with Gasteiger partial charge >= 0.3 is 0 Å². The zero-order valence-corrected chi connectivity index (χ0v) is 10.1. The van der Waals surface area contributed by atoms with Gasteiger partial charge in [0.1, 0.15) is 5.75 Å². The number of benzene rings is 1. The summed E-state index contributed by atoms with van der Waals surface area (Å²) in [5, 5.41) is 9.97. The van der Waals surface area contributed by atoms with Crippen molar-refractivity contribution in [1.29, 1.82) is 5.41 Å². The van der Waals surface area contributed by atoms with Crippen LogP contribution in [0.5, 0.6) is 5.75 Å². The maximum absolute atomic E-state index is 11.5. The summed E-state index contributed by atoms with van der Waals surface area (Å²) in [6, 6.07) is 7.52. The zero-order valence-electron chi connectivity index (χ0n) is 9.32. The number of amides is 1. The van der Waals surface area contributed by atoms with Crippen molar-refractivity contribution in [2.24, 2.45) is 0 Å². The van der Waals surface area contributed by atoms with Gasteiger partial charge in [0.15, 0.2) is 5.17 Å². The highest BCUT2D eigenvalue weighted by molar-refractivity contribution is 8.18. The third-order valence-corrected chi connectivity index (χ3v) is 3.00. The molecule has 0 radical (unpaired) electrons. The minimum Gasteiger partial charge on any atom is -0.493 e. The van der Waals surface area contributed by atoms with Crippen molar-refractivity contribution < 1.29 is 9.53 Å². The van der Waals surface area contributed by atoms with Crippen LogP contribution in [0.15, 0.2) is 29.2 Å². The van der Waals surface area contributed by atoms with Crippen LogP contribution in [0, 0.1) is 5.41 Å². The average Bonchev–Trinajstić information content (AvgIpc) is 2.61. The predicted octanol–water partition coefficient (Wildman–Crippen LogP) is 2.22. The number of nitrogens with one attached hydrogen (secondary N) is 2. The SMILES string of the molecule is CCOc1ccccc1C=C1SC(=N)NC1=O. The predicted molar refractivity (Wildman–Crippen MR) is 69.0 cm³/mol. The molecule has 1 aliphatic rings. The molecule has 0 aromatic heterocycles. The number of carbonyl (C=O) groups is 1. The summed E-state index contributed by atoms with van der Waals surface area (Å²) in [6.45, 7) is 2.49. The Morgan fingerprint density at radius 2 is 2.24 bits per heavy atom. The average molecular weight is 248 g/mol. The van der Waals surface area contributed by atoms with Gasteiger partial charge in [-0.3, -0.25) is 10.2 Å². The van der Waals surface area contributed by atoms with Crippen molar-refractivity contribution in [3.8, 4) is 5.75 Å². The van der Waals surface area contributed by atoms with Gasteiger partial charge < -0.3 is 10.1 Å². The summed E-state index contributed by atoms with van der Waals surface area (Å²) >= 11 is 1.12. The van der Waals surface area contributed by atoms with E-state index in [2.05, 4.69) is 5.32 Å². The number of para-hydroxylation sites is 1. The van der Waals surface area contributed by atoms with Crippen molar-refractivity contribution in [2.45, 2.75) is 6.92 Å². The van der Waals surface area contributed by atoms with Gasteiger partial charge in [0.25, 0.3) is 5.91 Å². The summed E-state index contributed by atoms with van der Waals surface area (Å²) in [7, 11) is 0. The van der Waals surface area contributed by atoms with Gasteiger partial charge in [0, 0.05) is 5.56 Å². The first-order valence-corrected chi connectivity index (χ1v) is 6.03. The number of hydrogen-bond acceptors (Lipinski definition) is 4. The van der Waals surface area contributed by atoms with Gasteiger partial charge in [0.2, 0.25) is 0 Å². The molecule has 0 spiro atoms. The minimum absolute atomic E-state index is 0.162. The first-order chi connectivity index (χ1) is 8.20. The fraction of sp³-hybridized carbons (Fsp3) is 0.167. The number of hydrogen-bond donors (Lipinski definition) is 2. The summed E-state index contributed by atoms with van der Waals surface area (Å²) in [5.41, 5.74) is 0.849. The van der Waals surface area contributed by atoms with E-state index in [-0.39, 0.29) is 11.1 Å². The smallest absolute Gasteiger partial charge is 0.264 e. The van der Waals surface area contributed by atoms with E-state index in [1.54, 1.807) is 6.08 Å². The van der Waals surface area contributed by atoms with Gasteiger partial charge in [-0.25, -0.2) is 0 Å². The molecule has 1 aliphatic heterocycles. The normalized spacial score (nSPS) is 17.4. The lowest BCUT2D eigenvalue weighted by Crippen LogP contribution is -2.18. The van der Waals surface area contributed by atoms with E-state index in [1.807, 2.05) is 31.2 Å². The van der Waals surface area contributed by atoms with Crippen molar-refractivity contribution in [2.75, 3.05) is 6.61 Å². The lowest BCUT2D eigenvalue weighted by Gasteiger charge is -2.06. The highest BCUT2D eigenvalue weighted by Crippen LogP contribution is 2.28. The lowest BCUT2D eigenvalue weighted by atomic mass is 10.2. The molecule has 2 N–H and O–H groups in total. The summed E-state index contributed by atoms with van der Waals surface area (Å²) in [6.07, 6.45) is 1.74. The molecule has 1 aromatic carbocycles. The molecule has 4 nitrogen and oxygen atoms in total. The van der Waals surface area contributed by atoms with Gasteiger partial charge in [-0.05, 0) is 30.8 Å². The Morgan fingerprint density at radius 3 is 2.88 bits per heavy atom. The molecule has 1 aromatic rings. The molecule has 88 valence electrons. The van der Waals surface area contributed by atoms with Gasteiger partial charge in [-0.2, -0.15) is 0 Å². The van der Waals surface area contributed by atoms with Gasteiger partial charge in [-0.1, -0.05) is 18.2 Å². The maximum atomic E-state index is 11.5. The van der Waals surface area contributed by atoms with Crippen LogP contribution >= 0.6 is 11.8 Å². The Labute approximate surface area is 104 Å². The molecule has 0 saturated carbocycles. The number of thioether (sulfide) groups is 1. The Bertz CT molecular complexity index is 497. The third-order valence-electron chi connectivity index (χ3n) is 2.17. The van der Waals surface area contributed by atoms with Crippen LogP contribution in [-0.2, 0) is 4.79 Å². The van der Waals surface area contributed by atoms with Gasteiger partial charge in [-0.15, -0.1) is 0 Å². The van der Waals surface area contributed by atoms with Crippen LogP contribution in [-0.4, -0.2) is 17.7 Å². The molecule has 0 aliphatic carbocycles. The fourth-order valence-electron chi connectivity index (χ4n) is 1.47. The van der Waals surface area contributed by atoms with E-state index in [4.69, 9.17) is 10.1 Å². The van der Waals surface area contributed by atoms with Crippen LogP contribution in [0.2, 0.25) is 0 Å². The first-order valence-electron chi connectivity index (χ1n) is 5.22. The highest BCUT2D eigenvalue weighted by Gasteiger charge is 2.22. The van der Waals surface area contributed by atoms with Crippen molar-refractivity contribution >= 4 is 28.9 Å². The molecule has 0 bridgehead atoms. The number of rotatable bonds is 3. The number of amidine groups is 1. The molecule has 17 heavy (non-hydrogen) atoms. The van der Waals surface area contributed by atoms with Crippen LogP contribution in [0.4, 0.5) is 0 Å². The molecule has 1 saturated heterocycles. The lowest BCUT2D eigenvalue weighted by molar-refractivity contribution is -0.115. The van der Waals surface area contributed by atoms with E-state index < -0.39 is 0 Å². The molecule has 0 atom stereocenters. The van der Waals surface area contributed by atoms with Crippen molar-refractivity contribution in [1.82, 2.24) is 5.32 Å². The largest absolute Gasteiger partial charge is 0.493 e. The Morgan fingerprint density at radius 1 is 1.47 bits per heavy atom. The standard InChI is InChI=1S/C12H12N2O2S/c1-2-16-9-6-4-3-5-8(9)7-10-11(15)14-12(13)17-10/h3-7H,2H2,1H3,(H2,13,14,15). The van der Waals surface area contributed by atoms with Crippen LogP contribution < -0.4 is 10.1 Å². The van der Waals surface area contributed by atoms with E-state index in [0.29, 0.717) is 11.5 Å². The molecular formula is C12H12N2O2S. The zero-order chi connectivity index (χ0) is 12.3. The third kappa shape index (κ3) is 2.68. The molecular weight excluding hydrogens is 236 g/mol. The van der Waals surface area contributed by atoms with Gasteiger partial charge in [0.05, 0.1) is 11.5 Å². The Hall–Kier alpha value is -1.75. The van der Waals surface area contributed by atoms with E-state index in [0.717, 1.165) is 23.1 Å². The number of carbonyl (C=O) groups excluding carboxylic acids is 1. The van der Waals surface area contributed by atoms with E-state index in [9.17, 15) is 4.79 Å². The monoisotopic (exact) mass is 248 g/mol. The number of ether oxygens (including phenoxy) is 1. The molecule has 5 heteroatoms. The molecule has 2 rings (SSSR count). The molecule has 1 amide bonds. The second kappa shape index (κ2) is 5.05. The fourth-order valence-corrected chi connectivity index (χ4v) is 2.16. The summed E-state index contributed by atoms with van der Waals surface area (Å²) < 4.78 is 5.47. The van der Waals surface area contributed by atoms with Crippen LogP contribution in [0.1, 0.15) is 12.5 Å². The summed E-state index contributed by atoms with van der Waals surface area (Å²) in [4.78, 5) is 12.0. The minimum atomic E-state index is -0.230. The Balaban J connectivity index is 2.32. The van der Waals surface area contributed by atoms with Crippen molar-refractivity contribution in [3.63, 3.8) is 0 Å². The maximum Gasteiger partial charge on any atom is 0.264 e. The quantitative estimate of drug-likeness (QED) is 0.806. The molecule has 1 fully saturated rings.